The van der Waals surface area contributed by atoms with E-state index in [0.717, 1.165) is 89.0 Å². The lowest BCUT2D eigenvalue weighted by molar-refractivity contribution is -0.119. The molecule has 3 N–H and O–H groups in total. The van der Waals surface area contributed by atoms with Crippen molar-refractivity contribution < 1.29 is 4.79 Å². The number of benzene rings is 4. The van der Waals surface area contributed by atoms with Crippen LogP contribution in [0, 0.1) is 0 Å². The number of hydrogen-bond acceptors (Lipinski definition) is 8. The van der Waals surface area contributed by atoms with Crippen LogP contribution in [0.15, 0.2) is 159 Å². The summed E-state index contributed by atoms with van der Waals surface area (Å²) in [6.07, 6.45) is 7.26. The summed E-state index contributed by atoms with van der Waals surface area (Å²) in [7, 11) is 0. The predicted molar refractivity (Wildman–Crippen MR) is 224 cm³/mol. The Labute approximate surface area is 327 Å². The zero-order chi connectivity index (χ0) is 38.7. The van der Waals surface area contributed by atoms with Gasteiger partial charge in [0, 0.05) is 65.4 Å². The van der Waals surface area contributed by atoms with Gasteiger partial charge >= 0.3 is 0 Å². The van der Waals surface area contributed by atoms with Gasteiger partial charge in [0.15, 0.2) is 11.3 Å². The quantitative estimate of drug-likeness (QED) is 0.166. The van der Waals surface area contributed by atoms with E-state index in [1.807, 2.05) is 94.0 Å². The third-order valence-electron chi connectivity index (χ3n) is 9.92. The highest BCUT2D eigenvalue weighted by Crippen LogP contribution is 2.36. The lowest BCUT2D eigenvalue weighted by Crippen LogP contribution is -2.18. The average Bonchev–Trinajstić information content (AvgIpc) is 3.97. The van der Waals surface area contributed by atoms with Crippen LogP contribution >= 0.6 is 0 Å². The molecule has 0 aliphatic rings. The molecule has 0 spiro atoms. The molecular weight excluding hydrogens is 709 g/mol. The molecule has 0 unspecified atom stereocenters. The number of nitrogens with zero attached hydrogens (tertiary/aromatic N) is 8. The highest BCUT2D eigenvalue weighted by Gasteiger charge is 2.16. The lowest BCUT2D eigenvalue weighted by atomic mass is 9.97. The van der Waals surface area contributed by atoms with Gasteiger partial charge in [0.2, 0.25) is 5.91 Å². The second kappa shape index (κ2) is 15.2. The molecule has 11 nitrogen and oxygen atoms in total. The van der Waals surface area contributed by atoms with Gasteiger partial charge in [-0.2, -0.15) is 0 Å². The van der Waals surface area contributed by atoms with Gasteiger partial charge in [0.05, 0.1) is 22.4 Å². The van der Waals surface area contributed by atoms with E-state index >= 15 is 0 Å². The van der Waals surface area contributed by atoms with Crippen molar-refractivity contribution in [2.75, 3.05) is 0 Å². The molecule has 0 saturated carbocycles. The highest BCUT2D eigenvalue weighted by atomic mass is 16.1. The lowest BCUT2D eigenvalue weighted by Gasteiger charge is -2.12. The van der Waals surface area contributed by atoms with E-state index in [4.69, 9.17) is 15.7 Å². The predicted octanol–water partition coefficient (Wildman–Crippen LogP) is 8.32. The van der Waals surface area contributed by atoms with Crippen LogP contribution < -0.4 is 11.1 Å². The molecule has 0 aliphatic carbocycles. The molecule has 6 heterocycles. The Balaban J connectivity index is 0.000000149. The van der Waals surface area contributed by atoms with E-state index in [9.17, 15) is 4.79 Å². The highest BCUT2D eigenvalue weighted by molar-refractivity contribution is 5.99. The number of carbonyl (C=O) groups is 1. The Morgan fingerprint density at radius 2 is 1.04 bits per heavy atom. The van der Waals surface area contributed by atoms with Crippen LogP contribution in [0.4, 0.5) is 0 Å². The monoisotopic (exact) mass is 744 g/mol. The fourth-order valence-electron chi connectivity index (χ4n) is 6.98. The Morgan fingerprint density at radius 1 is 0.579 bits per heavy atom. The molecule has 0 fully saturated rings. The summed E-state index contributed by atoms with van der Waals surface area (Å²) >= 11 is 0. The van der Waals surface area contributed by atoms with Crippen molar-refractivity contribution >= 4 is 39.0 Å². The normalized spacial score (nSPS) is 11.2. The molecule has 1 amide bonds. The summed E-state index contributed by atoms with van der Waals surface area (Å²) in [5.74, 6) is -0.0403. The Bertz CT molecular complexity index is 3010. The van der Waals surface area contributed by atoms with Crippen LogP contribution in [0.25, 0.3) is 77.9 Å². The number of fused-ring (bicyclic) bond motifs is 6. The first kappa shape index (κ1) is 35.1. The molecular formula is C46H36N10O. The third kappa shape index (κ3) is 7.06. The molecule has 10 aromatic rings. The minimum atomic E-state index is -0.0403. The SMILES string of the molecule is CC(=O)NCc1ccc(-c2nc3ccn4cnnc4c3cc2-c2ccccc2)cc1.NCc1ccc(-c2nc3ccn4cnnc4c3cc2-c2ccccc2)cc1. The zero-order valence-electron chi connectivity index (χ0n) is 31.0. The van der Waals surface area contributed by atoms with Crippen molar-refractivity contribution in [3.05, 3.63) is 170 Å². The standard InChI is InChI=1S/C24H19N5O.C22H17N5/c1-16(30)25-14-17-7-9-19(10-8-17)23-20(18-5-3-2-4-6-18)13-21-22(27-23)11-12-29-15-26-28-24(21)29;23-13-15-6-8-17(9-7-15)21-18(16-4-2-1-3-5-16)12-19-20(25-21)10-11-27-14-24-26-22(19)27/h2-13,15H,14H2,1H3,(H,25,30);1-12,14H,13,23H2. The third-order valence-corrected chi connectivity index (χ3v) is 9.92. The number of nitrogens with two attached hydrogens (primary N) is 1. The van der Waals surface area contributed by atoms with Gasteiger partial charge in [-0.05, 0) is 46.5 Å². The number of nitrogens with one attached hydrogen (secondary N) is 1. The molecule has 0 saturated heterocycles. The summed E-state index contributed by atoms with van der Waals surface area (Å²) < 4.78 is 3.81. The van der Waals surface area contributed by atoms with Crippen LogP contribution in [0.5, 0.6) is 0 Å². The minimum Gasteiger partial charge on any atom is -0.352 e. The topological polar surface area (TPSA) is 141 Å². The first-order valence-corrected chi connectivity index (χ1v) is 18.5. The average molecular weight is 745 g/mol. The molecule has 57 heavy (non-hydrogen) atoms. The Hall–Kier alpha value is -7.63. The molecule has 0 radical (unpaired) electrons. The molecule has 0 atom stereocenters. The van der Waals surface area contributed by atoms with Crippen molar-refractivity contribution in [3.63, 3.8) is 0 Å². The maximum Gasteiger partial charge on any atom is 0.217 e. The van der Waals surface area contributed by atoms with E-state index in [1.165, 1.54) is 6.92 Å². The zero-order valence-corrected chi connectivity index (χ0v) is 31.0. The van der Waals surface area contributed by atoms with Crippen LogP contribution in [0.3, 0.4) is 0 Å². The van der Waals surface area contributed by atoms with Crippen molar-refractivity contribution in [2.45, 2.75) is 20.0 Å². The number of carbonyl (C=O) groups excluding carboxylic acids is 1. The van der Waals surface area contributed by atoms with Gasteiger partial charge in [-0.25, -0.2) is 9.97 Å². The second-order valence-corrected chi connectivity index (χ2v) is 13.6. The van der Waals surface area contributed by atoms with Gasteiger partial charge in [-0.15, -0.1) is 20.4 Å². The maximum absolute atomic E-state index is 11.2. The van der Waals surface area contributed by atoms with Crippen LogP contribution in [-0.2, 0) is 17.9 Å². The first-order chi connectivity index (χ1) is 28.0. The molecule has 0 aliphatic heterocycles. The van der Waals surface area contributed by atoms with Crippen molar-refractivity contribution in [1.29, 1.82) is 0 Å². The minimum absolute atomic E-state index is 0.0403. The number of aromatic nitrogens is 8. The fraction of sp³-hybridized carbons (Fsp3) is 0.0652. The van der Waals surface area contributed by atoms with E-state index in [0.29, 0.717) is 13.1 Å². The van der Waals surface area contributed by atoms with E-state index < -0.39 is 0 Å². The van der Waals surface area contributed by atoms with E-state index in [1.54, 1.807) is 12.7 Å². The fourth-order valence-corrected chi connectivity index (χ4v) is 6.98. The number of rotatable bonds is 7. The van der Waals surface area contributed by atoms with Crippen LogP contribution in [0.1, 0.15) is 18.1 Å². The van der Waals surface area contributed by atoms with Gasteiger partial charge in [0.25, 0.3) is 0 Å². The molecule has 276 valence electrons. The summed E-state index contributed by atoms with van der Waals surface area (Å²) in [6.45, 7) is 2.56. The van der Waals surface area contributed by atoms with Crippen LogP contribution in [-0.4, -0.2) is 45.1 Å². The second-order valence-electron chi connectivity index (χ2n) is 13.6. The van der Waals surface area contributed by atoms with Gasteiger partial charge in [-0.1, -0.05) is 109 Å². The van der Waals surface area contributed by atoms with Gasteiger partial charge < -0.3 is 11.1 Å². The summed E-state index contributed by atoms with van der Waals surface area (Å²) in [5.41, 5.74) is 19.5. The molecule has 0 bridgehead atoms. The summed E-state index contributed by atoms with van der Waals surface area (Å²) in [5, 5.41) is 21.4. The van der Waals surface area contributed by atoms with Crippen molar-refractivity contribution in [2.24, 2.45) is 5.73 Å². The number of pyridine rings is 4. The van der Waals surface area contributed by atoms with Gasteiger partial charge in [0.1, 0.15) is 12.7 Å². The molecule has 11 heteroatoms. The molecule has 4 aromatic carbocycles. The Kier molecular flexibility index (Phi) is 9.39. The largest absolute Gasteiger partial charge is 0.352 e. The summed E-state index contributed by atoms with van der Waals surface area (Å²) in [4.78, 5) is 21.2. The number of hydrogen-bond donors (Lipinski definition) is 2. The van der Waals surface area contributed by atoms with E-state index in [2.05, 4.69) is 86.4 Å². The Morgan fingerprint density at radius 3 is 1.47 bits per heavy atom. The number of amides is 1. The smallest absolute Gasteiger partial charge is 0.217 e. The molecule has 6 aromatic heterocycles. The first-order valence-electron chi connectivity index (χ1n) is 18.5. The van der Waals surface area contributed by atoms with Gasteiger partial charge in [-0.3, -0.25) is 13.6 Å². The summed E-state index contributed by atoms with van der Waals surface area (Å²) in [6, 6.07) is 45.2. The maximum atomic E-state index is 11.2. The van der Waals surface area contributed by atoms with Crippen LogP contribution in [0.2, 0.25) is 0 Å². The molecule has 10 rings (SSSR count). The van der Waals surface area contributed by atoms with E-state index in [-0.39, 0.29) is 5.91 Å². The van der Waals surface area contributed by atoms with Crippen molar-refractivity contribution in [3.8, 4) is 44.8 Å². The van der Waals surface area contributed by atoms with Crippen molar-refractivity contribution in [1.82, 2.24) is 44.5 Å².